The first-order valence-electron chi connectivity index (χ1n) is 9.61. The monoisotopic (exact) mass is 387 g/mol. The van der Waals surface area contributed by atoms with Gasteiger partial charge < -0.3 is 4.74 Å². The van der Waals surface area contributed by atoms with Gasteiger partial charge in [-0.3, -0.25) is 14.4 Å². The third-order valence-corrected chi connectivity index (χ3v) is 6.52. The molecule has 3 aliphatic rings. The molecule has 0 amide bonds. The molecule has 0 N–H and O–H groups in total. The van der Waals surface area contributed by atoms with E-state index in [1.165, 1.54) is 11.3 Å². The SMILES string of the molecule is CCOC(=O)C12CC(C1)N(Cc1c(C)nn(Cc3ccccc3Cl)c1C)C2. The van der Waals surface area contributed by atoms with E-state index in [9.17, 15) is 4.79 Å². The molecule has 1 aliphatic carbocycles. The molecule has 5 nitrogen and oxygen atoms in total. The molecule has 2 aliphatic heterocycles. The fourth-order valence-corrected chi connectivity index (χ4v) is 4.75. The Morgan fingerprint density at radius 1 is 1.30 bits per heavy atom. The van der Waals surface area contributed by atoms with E-state index in [1.807, 2.05) is 35.9 Å². The smallest absolute Gasteiger partial charge is 0.313 e. The van der Waals surface area contributed by atoms with Crippen LogP contribution in [-0.4, -0.2) is 39.8 Å². The number of carbonyl (C=O) groups is 1. The number of aromatic nitrogens is 2. The second kappa shape index (κ2) is 6.95. The lowest BCUT2D eigenvalue weighted by Crippen LogP contribution is -2.41. The lowest BCUT2D eigenvalue weighted by Gasteiger charge is -2.34. The Labute approximate surface area is 165 Å². The van der Waals surface area contributed by atoms with Gasteiger partial charge in [-0.05, 0) is 45.2 Å². The van der Waals surface area contributed by atoms with Crippen LogP contribution >= 0.6 is 11.6 Å². The van der Waals surface area contributed by atoms with E-state index in [4.69, 9.17) is 21.4 Å². The zero-order valence-electron chi connectivity index (χ0n) is 16.2. The van der Waals surface area contributed by atoms with Crippen molar-refractivity contribution in [3.8, 4) is 0 Å². The minimum atomic E-state index is -0.268. The number of nitrogens with zero attached hydrogens (tertiary/aromatic N) is 3. The van der Waals surface area contributed by atoms with Crippen LogP contribution in [0.25, 0.3) is 0 Å². The molecule has 27 heavy (non-hydrogen) atoms. The summed E-state index contributed by atoms with van der Waals surface area (Å²) >= 11 is 6.31. The Kier molecular flexibility index (Phi) is 4.77. The summed E-state index contributed by atoms with van der Waals surface area (Å²) in [6.45, 7) is 8.82. The average Bonchev–Trinajstić information content (AvgIpc) is 3.23. The first-order chi connectivity index (χ1) is 12.9. The predicted molar refractivity (Wildman–Crippen MR) is 105 cm³/mol. The minimum absolute atomic E-state index is 0.0217. The molecule has 1 aromatic carbocycles. The van der Waals surface area contributed by atoms with E-state index in [2.05, 4.69) is 18.7 Å². The van der Waals surface area contributed by atoms with Crippen molar-refractivity contribution in [2.24, 2.45) is 5.41 Å². The minimum Gasteiger partial charge on any atom is -0.466 e. The van der Waals surface area contributed by atoms with Crippen LogP contribution in [0.1, 0.15) is 42.3 Å². The van der Waals surface area contributed by atoms with Crippen LogP contribution in [0, 0.1) is 19.3 Å². The van der Waals surface area contributed by atoms with Crippen molar-refractivity contribution >= 4 is 17.6 Å². The number of rotatable bonds is 6. The maximum Gasteiger partial charge on any atom is 0.313 e. The van der Waals surface area contributed by atoms with Crippen LogP contribution in [0.4, 0.5) is 0 Å². The summed E-state index contributed by atoms with van der Waals surface area (Å²) in [6.07, 6.45) is 1.86. The summed E-state index contributed by atoms with van der Waals surface area (Å²) < 4.78 is 7.34. The van der Waals surface area contributed by atoms with E-state index >= 15 is 0 Å². The number of hydrogen-bond acceptors (Lipinski definition) is 4. The van der Waals surface area contributed by atoms with E-state index in [0.717, 1.165) is 42.2 Å². The molecule has 0 spiro atoms. The highest BCUT2D eigenvalue weighted by Gasteiger charge is 2.60. The number of esters is 1. The highest BCUT2D eigenvalue weighted by Crippen LogP contribution is 2.53. The van der Waals surface area contributed by atoms with Crippen molar-refractivity contribution in [3.05, 3.63) is 51.8 Å². The van der Waals surface area contributed by atoms with Gasteiger partial charge >= 0.3 is 5.97 Å². The molecule has 0 unspecified atom stereocenters. The zero-order chi connectivity index (χ0) is 19.2. The summed E-state index contributed by atoms with van der Waals surface area (Å²) in [4.78, 5) is 14.7. The van der Waals surface area contributed by atoms with Gasteiger partial charge in [0.2, 0.25) is 0 Å². The third-order valence-electron chi connectivity index (χ3n) is 6.15. The molecular weight excluding hydrogens is 362 g/mol. The van der Waals surface area contributed by atoms with Crippen LogP contribution in [0.5, 0.6) is 0 Å². The van der Waals surface area contributed by atoms with Crippen molar-refractivity contribution < 1.29 is 9.53 Å². The van der Waals surface area contributed by atoms with Gasteiger partial charge in [0.15, 0.2) is 0 Å². The number of aryl methyl sites for hydroxylation is 1. The summed E-state index contributed by atoms with van der Waals surface area (Å²) in [7, 11) is 0. The molecule has 3 heterocycles. The maximum atomic E-state index is 12.3. The Morgan fingerprint density at radius 2 is 2.04 bits per heavy atom. The van der Waals surface area contributed by atoms with Gasteiger partial charge in [-0.15, -0.1) is 0 Å². The van der Waals surface area contributed by atoms with Crippen molar-refractivity contribution in [2.45, 2.75) is 52.7 Å². The predicted octanol–water partition coefficient (Wildman–Crippen LogP) is 3.73. The number of ether oxygens (including phenoxy) is 1. The molecule has 0 atom stereocenters. The topological polar surface area (TPSA) is 47.4 Å². The molecule has 1 saturated carbocycles. The van der Waals surface area contributed by atoms with Gasteiger partial charge in [-0.25, -0.2) is 0 Å². The number of carbonyl (C=O) groups excluding carboxylic acids is 1. The van der Waals surface area contributed by atoms with E-state index in [0.29, 0.717) is 19.2 Å². The number of halogens is 1. The lowest BCUT2D eigenvalue weighted by atomic mass is 9.70. The van der Waals surface area contributed by atoms with Crippen LogP contribution in [0.3, 0.4) is 0 Å². The highest BCUT2D eigenvalue weighted by molar-refractivity contribution is 6.31. The Hall–Kier alpha value is -1.85. The number of benzene rings is 1. The largest absolute Gasteiger partial charge is 0.466 e. The van der Waals surface area contributed by atoms with Crippen LogP contribution in [-0.2, 0) is 22.6 Å². The van der Waals surface area contributed by atoms with Crippen LogP contribution < -0.4 is 0 Å². The number of hydrogen-bond donors (Lipinski definition) is 0. The fourth-order valence-electron chi connectivity index (χ4n) is 4.56. The molecule has 2 saturated heterocycles. The van der Waals surface area contributed by atoms with Gasteiger partial charge in [-0.1, -0.05) is 29.8 Å². The second-order valence-electron chi connectivity index (χ2n) is 7.87. The van der Waals surface area contributed by atoms with Crippen LogP contribution in [0.15, 0.2) is 24.3 Å². The number of fused-ring (bicyclic) bond motifs is 1. The van der Waals surface area contributed by atoms with E-state index < -0.39 is 0 Å². The third kappa shape index (κ3) is 3.17. The van der Waals surface area contributed by atoms with E-state index in [1.54, 1.807) is 0 Å². The summed E-state index contributed by atoms with van der Waals surface area (Å²) in [5, 5.41) is 5.52. The van der Waals surface area contributed by atoms with Crippen LogP contribution in [0.2, 0.25) is 5.02 Å². The van der Waals surface area contributed by atoms with Gasteiger partial charge in [-0.2, -0.15) is 5.10 Å². The van der Waals surface area contributed by atoms with Crippen molar-refractivity contribution in [2.75, 3.05) is 13.2 Å². The quantitative estimate of drug-likeness (QED) is 0.708. The van der Waals surface area contributed by atoms with Gasteiger partial charge in [0.05, 0.1) is 24.3 Å². The van der Waals surface area contributed by atoms with Crippen molar-refractivity contribution in [1.82, 2.24) is 14.7 Å². The molecule has 2 aromatic rings. The Bertz CT molecular complexity index is 870. The highest BCUT2D eigenvalue weighted by atomic mass is 35.5. The zero-order valence-corrected chi connectivity index (χ0v) is 16.9. The van der Waals surface area contributed by atoms with Gasteiger partial charge in [0.25, 0.3) is 0 Å². The molecule has 3 fully saturated rings. The Balaban J connectivity index is 1.49. The normalized spacial score (nSPS) is 24.1. The average molecular weight is 388 g/mol. The molecular formula is C21H26ClN3O2. The molecule has 2 bridgehead atoms. The molecule has 1 aromatic heterocycles. The molecule has 0 radical (unpaired) electrons. The van der Waals surface area contributed by atoms with Gasteiger partial charge in [0, 0.05) is 35.4 Å². The van der Waals surface area contributed by atoms with E-state index in [-0.39, 0.29) is 11.4 Å². The fraction of sp³-hybridized carbons (Fsp3) is 0.524. The first kappa shape index (κ1) is 18.5. The molecule has 6 heteroatoms. The summed E-state index contributed by atoms with van der Waals surface area (Å²) in [6, 6.07) is 8.38. The maximum absolute atomic E-state index is 12.3. The van der Waals surface area contributed by atoms with Crippen molar-refractivity contribution in [3.63, 3.8) is 0 Å². The standard InChI is InChI=1S/C21H26ClN3O2/c1-4-27-20(26)21-9-17(10-21)24(13-21)12-18-14(2)23-25(15(18)3)11-16-7-5-6-8-19(16)22/h5-8,17H,4,9-13H2,1-3H3. The Morgan fingerprint density at radius 3 is 2.74 bits per heavy atom. The van der Waals surface area contributed by atoms with Gasteiger partial charge in [0.1, 0.15) is 0 Å². The second-order valence-corrected chi connectivity index (χ2v) is 8.27. The summed E-state index contributed by atoms with van der Waals surface area (Å²) in [5.41, 5.74) is 4.28. The molecule has 5 rings (SSSR count). The van der Waals surface area contributed by atoms with Crippen molar-refractivity contribution in [1.29, 1.82) is 0 Å². The molecule has 144 valence electrons. The summed E-state index contributed by atoms with van der Waals surface area (Å²) in [5.74, 6) is -0.0217. The first-order valence-corrected chi connectivity index (χ1v) is 9.99. The lowest BCUT2D eigenvalue weighted by molar-refractivity contribution is -0.157.